The molecule has 0 radical (unpaired) electrons. The second-order valence-electron chi connectivity index (χ2n) is 6.82. The van der Waals surface area contributed by atoms with Crippen LogP contribution in [0, 0.1) is 11.3 Å². The van der Waals surface area contributed by atoms with Crippen LogP contribution in [0.1, 0.15) is 16.8 Å². The molecule has 0 spiro atoms. The van der Waals surface area contributed by atoms with Crippen molar-refractivity contribution in [1.29, 1.82) is 5.26 Å². The van der Waals surface area contributed by atoms with Gasteiger partial charge in [0, 0.05) is 23.7 Å². The van der Waals surface area contributed by atoms with Crippen LogP contribution in [0.4, 0.5) is 5.82 Å². The first-order valence-electron chi connectivity index (χ1n) is 9.60. The molecule has 0 amide bonds. The van der Waals surface area contributed by atoms with Crippen LogP contribution in [0.2, 0.25) is 0 Å². The van der Waals surface area contributed by atoms with Gasteiger partial charge in [0.25, 0.3) is 0 Å². The smallest absolute Gasteiger partial charge is 0.153 e. The summed E-state index contributed by atoms with van der Waals surface area (Å²) in [5.74, 6) is 2.01. The quantitative estimate of drug-likeness (QED) is 0.477. The number of rotatable bonds is 7. The molecule has 4 aromatic rings. The molecule has 31 heavy (non-hydrogen) atoms. The van der Waals surface area contributed by atoms with Crippen molar-refractivity contribution in [2.24, 2.45) is 0 Å². The second kappa shape index (κ2) is 8.73. The maximum absolute atomic E-state index is 9.53. The third-order valence-corrected chi connectivity index (χ3v) is 4.90. The van der Waals surface area contributed by atoms with Crippen molar-refractivity contribution in [3.05, 3.63) is 71.5 Å². The predicted molar refractivity (Wildman–Crippen MR) is 116 cm³/mol. The van der Waals surface area contributed by atoms with E-state index < -0.39 is 0 Å². The Morgan fingerprint density at radius 3 is 2.74 bits per heavy atom. The maximum Gasteiger partial charge on any atom is 0.153 e. The number of ether oxygens (including phenoxy) is 2. The summed E-state index contributed by atoms with van der Waals surface area (Å²) in [5, 5.41) is 26.5. The summed E-state index contributed by atoms with van der Waals surface area (Å²) in [6, 6.07) is 16.8. The molecule has 0 unspecified atom stereocenters. The molecular weight excluding hydrogens is 394 g/mol. The number of hydrogen-bond donors (Lipinski definition) is 2. The molecule has 2 aromatic carbocycles. The van der Waals surface area contributed by atoms with Crippen molar-refractivity contribution in [1.82, 2.24) is 14.6 Å². The minimum atomic E-state index is -0.174. The van der Waals surface area contributed by atoms with Crippen molar-refractivity contribution in [2.45, 2.75) is 13.2 Å². The zero-order valence-electron chi connectivity index (χ0n) is 17.2. The SMILES string of the molecule is COc1ccc(CNc2nc(-c3cccc(C#N)c3)cn3nc(CO)cc23)c(OC)c1. The topological polar surface area (TPSA) is 105 Å². The lowest BCUT2D eigenvalue weighted by Gasteiger charge is -2.13. The lowest BCUT2D eigenvalue weighted by atomic mass is 10.1. The van der Waals surface area contributed by atoms with Gasteiger partial charge in [0.15, 0.2) is 5.82 Å². The first kappa shape index (κ1) is 20.2. The molecule has 0 aliphatic heterocycles. The zero-order chi connectivity index (χ0) is 21.8. The Kier molecular flexibility index (Phi) is 5.69. The van der Waals surface area contributed by atoms with Crippen LogP contribution in [0.3, 0.4) is 0 Å². The molecule has 2 aromatic heterocycles. The van der Waals surface area contributed by atoms with Crippen LogP contribution >= 0.6 is 0 Å². The Bertz CT molecular complexity index is 1280. The van der Waals surface area contributed by atoms with Crippen molar-refractivity contribution in [2.75, 3.05) is 19.5 Å². The average molecular weight is 415 g/mol. The number of benzene rings is 2. The molecule has 4 rings (SSSR count). The molecule has 0 fully saturated rings. The Balaban J connectivity index is 1.74. The fourth-order valence-corrected chi connectivity index (χ4v) is 3.31. The van der Waals surface area contributed by atoms with Crippen molar-refractivity contribution in [3.8, 4) is 28.8 Å². The molecule has 0 saturated heterocycles. The fraction of sp³-hybridized carbons (Fsp3) is 0.174. The summed E-state index contributed by atoms with van der Waals surface area (Å²) in [6.45, 7) is 0.282. The molecule has 8 heteroatoms. The van der Waals surface area contributed by atoms with Gasteiger partial charge in [-0.3, -0.25) is 0 Å². The summed E-state index contributed by atoms with van der Waals surface area (Å²) in [4.78, 5) is 4.77. The Labute approximate surface area is 179 Å². The van der Waals surface area contributed by atoms with Crippen molar-refractivity contribution < 1.29 is 14.6 Å². The van der Waals surface area contributed by atoms with Gasteiger partial charge in [0.1, 0.15) is 17.0 Å². The molecule has 0 bridgehead atoms. The Morgan fingerprint density at radius 2 is 2.00 bits per heavy atom. The fourth-order valence-electron chi connectivity index (χ4n) is 3.31. The molecule has 8 nitrogen and oxygen atoms in total. The van der Waals surface area contributed by atoms with Crippen LogP contribution in [0.5, 0.6) is 11.5 Å². The number of fused-ring (bicyclic) bond motifs is 1. The molecule has 156 valence electrons. The molecule has 2 N–H and O–H groups in total. The summed E-state index contributed by atoms with van der Waals surface area (Å²) in [7, 11) is 3.22. The molecule has 2 heterocycles. The first-order valence-corrected chi connectivity index (χ1v) is 9.60. The highest BCUT2D eigenvalue weighted by molar-refractivity contribution is 5.73. The van der Waals surface area contributed by atoms with E-state index in [1.807, 2.05) is 30.3 Å². The first-order chi connectivity index (χ1) is 15.1. The molecule has 0 aliphatic carbocycles. The zero-order valence-corrected chi connectivity index (χ0v) is 17.2. The number of aliphatic hydroxyl groups is 1. The largest absolute Gasteiger partial charge is 0.497 e. The van der Waals surface area contributed by atoms with Gasteiger partial charge in [0.05, 0.1) is 50.0 Å². The standard InChI is InChI=1S/C23H21N5O3/c1-30-19-7-6-17(22(10-19)31-2)12-25-23-21-9-18(14-29)27-28(21)13-20(26-23)16-5-3-4-15(8-16)11-24/h3-10,13,29H,12,14H2,1-2H3,(H,25,26). The maximum atomic E-state index is 9.53. The number of nitrogens with zero attached hydrogens (tertiary/aromatic N) is 4. The summed E-state index contributed by atoms with van der Waals surface area (Å²) >= 11 is 0. The monoisotopic (exact) mass is 415 g/mol. The molecular formula is C23H21N5O3. The van der Waals surface area contributed by atoms with Crippen LogP contribution in [-0.4, -0.2) is 33.9 Å². The normalized spacial score (nSPS) is 10.6. The van der Waals surface area contributed by atoms with E-state index in [2.05, 4.69) is 16.5 Å². The minimum absolute atomic E-state index is 0.174. The Hall–Kier alpha value is -4.09. The minimum Gasteiger partial charge on any atom is -0.497 e. The number of nitriles is 1. The number of anilines is 1. The van der Waals surface area contributed by atoms with E-state index >= 15 is 0 Å². The molecule has 0 atom stereocenters. The Morgan fingerprint density at radius 1 is 1.13 bits per heavy atom. The van der Waals surface area contributed by atoms with Crippen molar-refractivity contribution in [3.63, 3.8) is 0 Å². The average Bonchev–Trinajstić information content (AvgIpc) is 3.26. The number of methoxy groups -OCH3 is 2. The highest BCUT2D eigenvalue weighted by Crippen LogP contribution is 2.28. The van der Waals surface area contributed by atoms with E-state index in [4.69, 9.17) is 14.5 Å². The van der Waals surface area contributed by atoms with E-state index in [1.165, 1.54) is 0 Å². The number of hydrogen-bond acceptors (Lipinski definition) is 7. The van der Waals surface area contributed by atoms with Gasteiger partial charge in [-0.25, -0.2) is 9.50 Å². The third kappa shape index (κ3) is 4.13. The highest BCUT2D eigenvalue weighted by Gasteiger charge is 2.13. The van der Waals surface area contributed by atoms with E-state index in [9.17, 15) is 10.4 Å². The number of nitrogens with one attached hydrogen (secondary N) is 1. The van der Waals surface area contributed by atoms with Crippen LogP contribution < -0.4 is 14.8 Å². The van der Waals surface area contributed by atoms with Crippen LogP contribution in [0.25, 0.3) is 16.8 Å². The number of aromatic nitrogens is 3. The van der Waals surface area contributed by atoms with Gasteiger partial charge >= 0.3 is 0 Å². The van der Waals surface area contributed by atoms with Gasteiger partial charge in [-0.2, -0.15) is 10.4 Å². The van der Waals surface area contributed by atoms with Gasteiger partial charge < -0.3 is 19.9 Å². The second-order valence-corrected chi connectivity index (χ2v) is 6.82. The van der Waals surface area contributed by atoms with E-state index in [0.29, 0.717) is 40.8 Å². The van der Waals surface area contributed by atoms with Gasteiger partial charge in [-0.15, -0.1) is 0 Å². The van der Waals surface area contributed by atoms with E-state index in [-0.39, 0.29) is 6.61 Å². The highest BCUT2D eigenvalue weighted by atomic mass is 16.5. The lowest BCUT2D eigenvalue weighted by molar-refractivity contribution is 0.276. The molecule has 0 saturated carbocycles. The summed E-state index contributed by atoms with van der Waals surface area (Å²) in [5.41, 5.74) is 4.20. The lowest BCUT2D eigenvalue weighted by Crippen LogP contribution is -2.06. The summed E-state index contributed by atoms with van der Waals surface area (Å²) in [6.07, 6.45) is 1.78. The van der Waals surface area contributed by atoms with E-state index in [1.54, 1.807) is 43.1 Å². The number of aliphatic hydroxyl groups excluding tert-OH is 1. The van der Waals surface area contributed by atoms with Gasteiger partial charge in [-0.1, -0.05) is 12.1 Å². The van der Waals surface area contributed by atoms with Crippen LogP contribution in [-0.2, 0) is 13.2 Å². The molecule has 0 aliphatic rings. The third-order valence-electron chi connectivity index (χ3n) is 4.90. The summed E-state index contributed by atoms with van der Waals surface area (Å²) < 4.78 is 12.4. The van der Waals surface area contributed by atoms with Gasteiger partial charge in [-0.05, 0) is 30.3 Å². The van der Waals surface area contributed by atoms with Crippen molar-refractivity contribution >= 4 is 11.3 Å². The van der Waals surface area contributed by atoms with Gasteiger partial charge in [0.2, 0.25) is 0 Å². The predicted octanol–water partition coefficient (Wildman–Crippen LogP) is 3.39. The van der Waals surface area contributed by atoms with Crippen LogP contribution in [0.15, 0.2) is 54.7 Å². The van der Waals surface area contributed by atoms with E-state index in [0.717, 1.165) is 16.6 Å².